The number of anilines is 1. The Morgan fingerprint density at radius 1 is 1.10 bits per heavy atom. The molecule has 0 radical (unpaired) electrons. The van der Waals surface area contributed by atoms with Gasteiger partial charge in [0.1, 0.15) is 11.8 Å². The van der Waals surface area contributed by atoms with Crippen LogP contribution in [-0.2, 0) is 9.59 Å². The molecule has 0 aromatic heterocycles. The van der Waals surface area contributed by atoms with Crippen LogP contribution in [0, 0.1) is 0 Å². The van der Waals surface area contributed by atoms with Gasteiger partial charge in [0, 0.05) is 16.1 Å². The van der Waals surface area contributed by atoms with Gasteiger partial charge in [-0.1, -0.05) is 34.8 Å². The number of carbonyl (C=O) groups excluding carboxylic acids is 3. The summed E-state index contributed by atoms with van der Waals surface area (Å²) in [5, 5.41) is 0. The largest absolute Gasteiger partial charge is 0.497 e. The molecule has 4 rings (SSSR count). The second kappa shape index (κ2) is 8.60. The highest BCUT2D eigenvalue weighted by Crippen LogP contribution is 2.33. The van der Waals surface area contributed by atoms with E-state index >= 15 is 0 Å². The molecule has 6 nitrogen and oxygen atoms in total. The first-order valence-corrected chi connectivity index (χ1v) is 10.9. The van der Waals surface area contributed by atoms with Crippen molar-refractivity contribution < 1.29 is 19.1 Å². The quantitative estimate of drug-likeness (QED) is 0.614. The fourth-order valence-corrected chi connectivity index (χ4v) is 4.61. The number of ether oxygens (including phenoxy) is 1. The monoisotopic (exact) mass is 470 g/mol. The molecule has 2 fully saturated rings. The van der Waals surface area contributed by atoms with E-state index in [1.165, 1.54) is 4.90 Å². The molecule has 30 heavy (non-hydrogen) atoms. The van der Waals surface area contributed by atoms with Gasteiger partial charge in [-0.15, -0.1) is 0 Å². The zero-order chi connectivity index (χ0) is 21.3. The van der Waals surface area contributed by atoms with E-state index in [1.807, 2.05) is 0 Å². The predicted octanol–water partition coefficient (Wildman–Crippen LogP) is 4.17. The lowest BCUT2D eigenvalue weighted by Crippen LogP contribution is -2.50. The standard InChI is InChI=1S/C23H23BrN2O4/c1-30-19-8-4-5-15(13-19)22(28)25(17-6-2-3-7-17)20-14-21(27)26(23(20)29)18-11-9-16(24)10-12-18/h4-5,8-13,17,20H,2-3,6-7,14H2,1H3. The second-order valence-corrected chi connectivity index (χ2v) is 8.56. The fourth-order valence-electron chi connectivity index (χ4n) is 4.34. The Balaban J connectivity index is 1.67. The van der Waals surface area contributed by atoms with Crippen LogP contribution in [-0.4, -0.2) is 41.8 Å². The molecule has 0 N–H and O–H groups in total. The fraction of sp³-hybridized carbons (Fsp3) is 0.348. The van der Waals surface area contributed by atoms with Gasteiger partial charge in [0.2, 0.25) is 5.91 Å². The van der Waals surface area contributed by atoms with Crippen molar-refractivity contribution in [3.05, 3.63) is 58.6 Å². The van der Waals surface area contributed by atoms with Crippen molar-refractivity contribution in [1.82, 2.24) is 4.90 Å². The maximum atomic E-state index is 13.5. The molecule has 1 aliphatic carbocycles. The highest BCUT2D eigenvalue weighted by molar-refractivity contribution is 9.10. The molecule has 3 amide bonds. The Labute approximate surface area is 183 Å². The van der Waals surface area contributed by atoms with E-state index in [2.05, 4.69) is 15.9 Å². The summed E-state index contributed by atoms with van der Waals surface area (Å²) < 4.78 is 6.12. The molecule has 2 aliphatic rings. The smallest absolute Gasteiger partial charge is 0.257 e. The molecule has 156 valence electrons. The number of imide groups is 1. The molecule has 0 spiro atoms. The summed E-state index contributed by atoms with van der Waals surface area (Å²) in [6.07, 6.45) is 3.70. The average Bonchev–Trinajstić information content (AvgIpc) is 3.38. The van der Waals surface area contributed by atoms with Crippen molar-refractivity contribution in [1.29, 1.82) is 0 Å². The molecular formula is C23H23BrN2O4. The van der Waals surface area contributed by atoms with E-state index in [0.717, 1.165) is 30.2 Å². The lowest BCUT2D eigenvalue weighted by molar-refractivity contribution is -0.123. The first-order chi connectivity index (χ1) is 14.5. The highest BCUT2D eigenvalue weighted by atomic mass is 79.9. The van der Waals surface area contributed by atoms with E-state index < -0.39 is 6.04 Å². The van der Waals surface area contributed by atoms with Crippen LogP contribution in [0.1, 0.15) is 42.5 Å². The summed E-state index contributed by atoms with van der Waals surface area (Å²) in [6.45, 7) is 0. The van der Waals surface area contributed by atoms with E-state index in [-0.39, 0.29) is 30.2 Å². The summed E-state index contributed by atoms with van der Waals surface area (Å²) >= 11 is 3.37. The first-order valence-electron chi connectivity index (χ1n) is 10.1. The van der Waals surface area contributed by atoms with Crippen LogP contribution < -0.4 is 9.64 Å². The van der Waals surface area contributed by atoms with Crippen molar-refractivity contribution in [3.63, 3.8) is 0 Å². The number of methoxy groups -OCH3 is 1. The molecule has 7 heteroatoms. The lowest BCUT2D eigenvalue weighted by Gasteiger charge is -2.33. The number of rotatable bonds is 5. The minimum atomic E-state index is -0.789. The number of amides is 3. The van der Waals surface area contributed by atoms with Crippen LogP contribution in [0.5, 0.6) is 5.75 Å². The summed E-state index contributed by atoms with van der Waals surface area (Å²) in [6, 6.07) is 13.1. The van der Waals surface area contributed by atoms with Crippen LogP contribution in [0.4, 0.5) is 5.69 Å². The zero-order valence-electron chi connectivity index (χ0n) is 16.7. The third-order valence-corrected chi connectivity index (χ3v) is 6.34. The third kappa shape index (κ3) is 3.86. The Morgan fingerprint density at radius 3 is 2.47 bits per heavy atom. The van der Waals surface area contributed by atoms with Gasteiger partial charge in [-0.05, 0) is 55.3 Å². The minimum Gasteiger partial charge on any atom is -0.497 e. The normalized spacial score (nSPS) is 19.4. The van der Waals surface area contributed by atoms with E-state index in [0.29, 0.717) is 17.0 Å². The van der Waals surface area contributed by atoms with Crippen molar-refractivity contribution in [2.24, 2.45) is 0 Å². The van der Waals surface area contributed by atoms with Crippen molar-refractivity contribution in [3.8, 4) is 5.75 Å². The van der Waals surface area contributed by atoms with Gasteiger partial charge >= 0.3 is 0 Å². The van der Waals surface area contributed by atoms with Crippen LogP contribution in [0.25, 0.3) is 0 Å². The molecule has 1 aliphatic heterocycles. The van der Waals surface area contributed by atoms with Gasteiger partial charge in [0.05, 0.1) is 19.2 Å². The van der Waals surface area contributed by atoms with E-state index in [1.54, 1.807) is 60.5 Å². The number of hydrogen-bond donors (Lipinski definition) is 0. The van der Waals surface area contributed by atoms with E-state index in [9.17, 15) is 14.4 Å². The van der Waals surface area contributed by atoms with E-state index in [4.69, 9.17) is 4.74 Å². The second-order valence-electron chi connectivity index (χ2n) is 7.65. The Hall–Kier alpha value is -2.67. The lowest BCUT2D eigenvalue weighted by atomic mass is 10.1. The number of halogens is 1. The maximum Gasteiger partial charge on any atom is 0.257 e. The van der Waals surface area contributed by atoms with Gasteiger partial charge in [-0.3, -0.25) is 14.4 Å². The zero-order valence-corrected chi connectivity index (χ0v) is 18.3. The van der Waals surface area contributed by atoms with Gasteiger partial charge in [0.15, 0.2) is 0 Å². The molecular weight excluding hydrogens is 448 g/mol. The Bertz CT molecular complexity index is 969. The molecule has 1 atom stereocenters. The first kappa shape index (κ1) is 20.6. The molecule has 1 unspecified atom stereocenters. The Kier molecular flexibility index (Phi) is 5.90. The van der Waals surface area contributed by atoms with Crippen LogP contribution in [0.3, 0.4) is 0 Å². The van der Waals surface area contributed by atoms with Crippen molar-refractivity contribution in [2.75, 3.05) is 12.0 Å². The average molecular weight is 471 g/mol. The third-order valence-electron chi connectivity index (χ3n) is 5.81. The van der Waals surface area contributed by atoms with Crippen LogP contribution >= 0.6 is 15.9 Å². The molecule has 2 aromatic carbocycles. The molecule has 2 aromatic rings. The molecule has 1 heterocycles. The summed E-state index contributed by atoms with van der Waals surface area (Å²) in [5.41, 5.74) is 0.986. The number of nitrogens with zero attached hydrogens (tertiary/aromatic N) is 2. The highest BCUT2D eigenvalue weighted by Gasteiger charge is 2.47. The predicted molar refractivity (Wildman–Crippen MR) is 116 cm³/mol. The van der Waals surface area contributed by atoms with Crippen LogP contribution in [0.15, 0.2) is 53.0 Å². The maximum absolute atomic E-state index is 13.5. The SMILES string of the molecule is COc1cccc(C(=O)N(C2CCCC2)C2CC(=O)N(c3ccc(Br)cc3)C2=O)c1. The summed E-state index contributed by atoms with van der Waals surface area (Å²) in [5.74, 6) is -0.277. The van der Waals surface area contributed by atoms with Gasteiger partial charge in [-0.25, -0.2) is 4.90 Å². The number of hydrogen-bond acceptors (Lipinski definition) is 4. The van der Waals surface area contributed by atoms with Gasteiger partial charge < -0.3 is 9.64 Å². The minimum absolute atomic E-state index is 0.00110. The van der Waals surface area contributed by atoms with Crippen molar-refractivity contribution in [2.45, 2.75) is 44.2 Å². The van der Waals surface area contributed by atoms with Gasteiger partial charge in [0.25, 0.3) is 11.8 Å². The Morgan fingerprint density at radius 2 is 1.80 bits per heavy atom. The number of benzene rings is 2. The van der Waals surface area contributed by atoms with Crippen LogP contribution in [0.2, 0.25) is 0 Å². The molecule has 0 bridgehead atoms. The topological polar surface area (TPSA) is 66.9 Å². The van der Waals surface area contributed by atoms with Gasteiger partial charge in [-0.2, -0.15) is 0 Å². The molecule has 1 saturated carbocycles. The number of carbonyl (C=O) groups is 3. The molecule has 1 saturated heterocycles. The van der Waals surface area contributed by atoms with Crippen molar-refractivity contribution >= 4 is 39.3 Å². The summed E-state index contributed by atoms with van der Waals surface area (Å²) in [7, 11) is 1.55. The summed E-state index contributed by atoms with van der Waals surface area (Å²) in [4.78, 5) is 42.5.